The van der Waals surface area contributed by atoms with Crippen LogP contribution in [0, 0.1) is 12.8 Å². The van der Waals surface area contributed by atoms with E-state index < -0.39 is 6.61 Å². The summed E-state index contributed by atoms with van der Waals surface area (Å²) < 4.78 is 29.1. The number of carbonyl (C=O) groups is 2. The number of aromatic nitrogens is 2. The second kappa shape index (κ2) is 9.88. The molecule has 1 atom stereocenters. The molecular formula is C26H25F2N5O3. The number of anilines is 3. The Bertz CT molecular complexity index is 1260. The minimum absolute atomic E-state index is 0.0262. The highest BCUT2D eigenvalue weighted by Crippen LogP contribution is 2.37. The van der Waals surface area contributed by atoms with E-state index in [9.17, 15) is 18.4 Å². The fourth-order valence-electron chi connectivity index (χ4n) is 4.25. The smallest absolute Gasteiger partial charge is 0.387 e. The molecule has 1 aromatic heterocycles. The Morgan fingerprint density at radius 3 is 2.44 bits per heavy atom. The van der Waals surface area contributed by atoms with Gasteiger partial charge < -0.3 is 20.3 Å². The van der Waals surface area contributed by atoms with Crippen molar-refractivity contribution in [3.05, 3.63) is 60.4 Å². The topological polar surface area (TPSA) is 96.5 Å². The van der Waals surface area contributed by atoms with Crippen molar-refractivity contribution in [1.82, 2.24) is 15.3 Å². The molecule has 10 heteroatoms. The molecule has 2 heterocycles. The molecule has 2 aliphatic rings. The molecule has 2 N–H and O–H groups in total. The fraction of sp³-hybridized carbons (Fsp3) is 0.308. The van der Waals surface area contributed by atoms with Gasteiger partial charge in [0.1, 0.15) is 5.75 Å². The first-order chi connectivity index (χ1) is 17.4. The van der Waals surface area contributed by atoms with Crippen molar-refractivity contribution in [1.29, 1.82) is 0 Å². The van der Waals surface area contributed by atoms with Crippen molar-refractivity contribution in [3.8, 4) is 16.9 Å². The van der Waals surface area contributed by atoms with Gasteiger partial charge in [-0.2, -0.15) is 8.78 Å². The van der Waals surface area contributed by atoms with E-state index in [-0.39, 0.29) is 35.9 Å². The van der Waals surface area contributed by atoms with Crippen LogP contribution in [0.25, 0.3) is 11.1 Å². The highest BCUT2D eigenvalue weighted by molar-refractivity contribution is 6.00. The lowest BCUT2D eigenvalue weighted by Crippen LogP contribution is -2.39. The van der Waals surface area contributed by atoms with Crippen molar-refractivity contribution in [2.75, 3.05) is 16.8 Å². The zero-order valence-corrected chi connectivity index (χ0v) is 19.6. The molecule has 1 saturated heterocycles. The zero-order chi connectivity index (χ0) is 25.2. The number of benzene rings is 2. The molecule has 1 saturated carbocycles. The molecule has 1 aliphatic carbocycles. The fourth-order valence-corrected chi connectivity index (χ4v) is 4.25. The second-order valence-corrected chi connectivity index (χ2v) is 8.97. The molecule has 5 rings (SSSR count). The summed E-state index contributed by atoms with van der Waals surface area (Å²) in [4.78, 5) is 35.5. The average Bonchev–Trinajstić information content (AvgIpc) is 3.60. The van der Waals surface area contributed by atoms with E-state index in [0.717, 1.165) is 40.9 Å². The van der Waals surface area contributed by atoms with Crippen LogP contribution in [-0.4, -0.2) is 41.0 Å². The molecule has 186 valence electrons. The van der Waals surface area contributed by atoms with Crippen LogP contribution in [-0.2, 0) is 9.59 Å². The van der Waals surface area contributed by atoms with E-state index in [0.29, 0.717) is 12.5 Å². The number of nitrogens with zero attached hydrogens (tertiary/aromatic N) is 3. The molecule has 2 aromatic carbocycles. The molecule has 2 amide bonds. The predicted molar refractivity (Wildman–Crippen MR) is 130 cm³/mol. The maximum atomic E-state index is 13.3. The Labute approximate surface area is 206 Å². The van der Waals surface area contributed by atoms with Crippen LogP contribution in [0.5, 0.6) is 5.75 Å². The van der Waals surface area contributed by atoms with Gasteiger partial charge in [-0.15, -0.1) is 0 Å². The summed E-state index contributed by atoms with van der Waals surface area (Å²) in [5.41, 5.74) is 4.00. The molecular weight excluding hydrogens is 468 g/mol. The minimum Gasteiger partial charge on any atom is -0.435 e. The maximum Gasteiger partial charge on any atom is 0.387 e. The number of hydrogen-bond donors (Lipinski definition) is 2. The van der Waals surface area contributed by atoms with Gasteiger partial charge in [-0.3, -0.25) is 9.59 Å². The summed E-state index contributed by atoms with van der Waals surface area (Å²) in [6.07, 6.45) is 5.38. The van der Waals surface area contributed by atoms with Crippen molar-refractivity contribution in [2.45, 2.75) is 38.8 Å². The highest BCUT2D eigenvalue weighted by atomic mass is 19.3. The van der Waals surface area contributed by atoms with E-state index >= 15 is 0 Å². The Morgan fingerprint density at radius 1 is 1.11 bits per heavy atom. The number of carbonyl (C=O) groups excluding carboxylic acids is 2. The van der Waals surface area contributed by atoms with Crippen LogP contribution in [0.4, 0.5) is 26.1 Å². The summed E-state index contributed by atoms with van der Waals surface area (Å²) in [5.74, 6) is -0.00401. The van der Waals surface area contributed by atoms with Crippen molar-refractivity contribution >= 4 is 29.1 Å². The van der Waals surface area contributed by atoms with Crippen LogP contribution in [0.2, 0.25) is 0 Å². The number of rotatable bonds is 8. The summed E-state index contributed by atoms with van der Waals surface area (Å²) in [6, 6.07) is 12.1. The largest absolute Gasteiger partial charge is 0.435 e. The summed E-state index contributed by atoms with van der Waals surface area (Å²) in [5, 5.41) is 5.93. The van der Waals surface area contributed by atoms with Crippen LogP contribution in [0.1, 0.15) is 24.8 Å². The number of hydrogen-bond acceptors (Lipinski definition) is 6. The molecule has 1 aliphatic heterocycles. The first-order valence-corrected chi connectivity index (χ1v) is 11.7. The standard InChI is InChI=1S/C26H25F2N5O3/c1-15-2-5-19(11-22(15)33(20-6-7-20)24(35)17-10-23(34)29-12-17)32-26-30-13-18(14-31-26)16-3-8-21(9-4-16)36-25(27)28/h2-5,8-9,11,13-14,17,20,25H,6-7,10,12H2,1H3,(H,29,34)(H,30,31,32). The number of nitrogens with one attached hydrogen (secondary N) is 2. The van der Waals surface area contributed by atoms with Gasteiger partial charge in [0.25, 0.3) is 0 Å². The third-order valence-corrected chi connectivity index (χ3v) is 6.27. The molecule has 2 fully saturated rings. The summed E-state index contributed by atoms with van der Waals surface area (Å²) >= 11 is 0. The third-order valence-electron chi connectivity index (χ3n) is 6.27. The predicted octanol–water partition coefficient (Wildman–Crippen LogP) is 4.43. The van der Waals surface area contributed by atoms with Crippen molar-refractivity contribution in [3.63, 3.8) is 0 Å². The molecule has 0 spiro atoms. The molecule has 0 radical (unpaired) electrons. The lowest BCUT2D eigenvalue weighted by atomic mass is 10.0. The summed E-state index contributed by atoms with van der Waals surface area (Å²) in [6.45, 7) is -0.534. The molecule has 36 heavy (non-hydrogen) atoms. The van der Waals surface area contributed by atoms with Gasteiger partial charge >= 0.3 is 6.61 Å². The average molecular weight is 494 g/mol. The van der Waals surface area contributed by atoms with Gasteiger partial charge in [-0.05, 0) is 55.2 Å². The Hall–Kier alpha value is -4.08. The van der Waals surface area contributed by atoms with Gasteiger partial charge in [0, 0.05) is 48.3 Å². The number of aryl methyl sites for hydroxylation is 1. The molecule has 1 unspecified atom stereocenters. The first kappa shape index (κ1) is 23.7. The van der Waals surface area contributed by atoms with E-state index in [1.807, 2.05) is 30.0 Å². The Balaban J connectivity index is 1.31. The minimum atomic E-state index is -2.87. The first-order valence-electron chi connectivity index (χ1n) is 11.7. The van der Waals surface area contributed by atoms with Gasteiger partial charge in [0.2, 0.25) is 17.8 Å². The maximum absolute atomic E-state index is 13.3. The lowest BCUT2D eigenvalue weighted by Gasteiger charge is -2.27. The Kier molecular flexibility index (Phi) is 6.49. The van der Waals surface area contributed by atoms with E-state index in [1.54, 1.807) is 24.5 Å². The van der Waals surface area contributed by atoms with E-state index in [1.165, 1.54) is 12.1 Å². The monoisotopic (exact) mass is 493 g/mol. The number of amides is 2. The lowest BCUT2D eigenvalue weighted by molar-refractivity contribution is -0.124. The van der Waals surface area contributed by atoms with Gasteiger partial charge in [0.15, 0.2) is 0 Å². The van der Waals surface area contributed by atoms with E-state index in [4.69, 9.17) is 0 Å². The Morgan fingerprint density at radius 2 is 1.83 bits per heavy atom. The number of ether oxygens (including phenoxy) is 1. The van der Waals surface area contributed by atoms with Gasteiger partial charge in [-0.25, -0.2) is 9.97 Å². The normalized spacial score (nSPS) is 17.1. The summed E-state index contributed by atoms with van der Waals surface area (Å²) in [7, 11) is 0. The van der Waals surface area contributed by atoms with Gasteiger partial charge in [-0.1, -0.05) is 18.2 Å². The molecule has 8 nitrogen and oxygen atoms in total. The van der Waals surface area contributed by atoms with Crippen molar-refractivity contribution < 1.29 is 23.1 Å². The molecule has 0 bridgehead atoms. The SMILES string of the molecule is Cc1ccc(Nc2ncc(-c3ccc(OC(F)F)cc3)cn2)cc1N(C(=O)C1CNC(=O)C1)C1CC1. The van der Waals surface area contributed by atoms with Crippen LogP contribution < -0.4 is 20.3 Å². The number of halogens is 2. The van der Waals surface area contributed by atoms with Gasteiger partial charge in [0.05, 0.1) is 5.92 Å². The highest BCUT2D eigenvalue weighted by Gasteiger charge is 2.39. The second-order valence-electron chi connectivity index (χ2n) is 8.97. The quantitative estimate of drug-likeness (QED) is 0.482. The van der Waals surface area contributed by atoms with Crippen LogP contribution >= 0.6 is 0 Å². The number of alkyl halides is 2. The van der Waals surface area contributed by atoms with E-state index in [2.05, 4.69) is 25.3 Å². The van der Waals surface area contributed by atoms with Crippen LogP contribution in [0.3, 0.4) is 0 Å². The third kappa shape index (κ3) is 5.27. The molecule has 3 aromatic rings. The zero-order valence-electron chi connectivity index (χ0n) is 19.6. The van der Waals surface area contributed by atoms with Crippen molar-refractivity contribution in [2.24, 2.45) is 5.92 Å². The van der Waals surface area contributed by atoms with Crippen LogP contribution in [0.15, 0.2) is 54.9 Å².